The lowest BCUT2D eigenvalue weighted by atomic mass is 9.88. The average Bonchev–Trinajstić information content (AvgIpc) is 3.30. The van der Waals surface area contributed by atoms with Crippen LogP contribution >= 0.6 is 24.0 Å². The Morgan fingerprint density at radius 1 is 1.19 bits per heavy atom. The van der Waals surface area contributed by atoms with E-state index >= 15 is 0 Å². The molecular formula is C23H37IN6O. The molecule has 1 fully saturated rings. The Hall–Kier alpha value is -1.65. The molecule has 0 spiro atoms. The molecule has 3 rings (SSSR count). The molecule has 7 nitrogen and oxygen atoms in total. The molecule has 172 valence electrons. The topological polar surface area (TPSA) is 75.5 Å². The van der Waals surface area contributed by atoms with Crippen LogP contribution in [0, 0.1) is 0 Å². The molecular weight excluding hydrogens is 503 g/mol. The highest BCUT2D eigenvalue weighted by atomic mass is 127. The number of hydrogen-bond donors (Lipinski definition) is 3. The molecule has 0 radical (unpaired) electrons. The molecule has 1 aliphatic heterocycles. The van der Waals surface area contributed by atoms with Gasteiger partial charge in [-0.05, 0) is 44.7 Å². The van der Waals surface area contributed by atoms with Crippen LogP contribution in [0.25, 0.3) is 0 Å². The van der Waals surface area contributed by atoms with Crippen molar-refractivity contribution in [2.24, 2.45) is 4.99 Å². The maximum atomic E-state index is 5.65. The molecule has 1 unspecified atom stereocenters. The van der Waals surface area contributed by atoms with Gasteiger partial charge in [-0.1, -0.05) is 30.3 Å². The van der Waals surface area contributed by atoms with E-state index in [2.05, 4.69) is 65.2 Å². The molecule has 1 aromatic carbocycles. The molecule has 1 atom stereocenters. The molecule has 2 heterocycles. The van der Waals surface area contributed by atoms with Crippen LogP contribution in [0.3, 0.4) is 0 Å². The summed E-state index contributed by atoms with van der Waals surface area (Å²) in [5.41, 5.74) is 1.25. The Morgan fingerprint density at radius 2 is 1.97 bits per heavy atom. The third-order valence-electron chi connectivity index (χ3n) is 5.57. The molecule has 1 aromatic heterocycles. The summed E-state index contributed by atoms with van der Waals surface area (Å²) in [5, 5.41) is 15.0. The number of hydrogen-bond acceptors (Lipinski definition) is 4. The summed E-state index contributed by atoms with van der Waals surface area (Å²) in [6.45, 7) is 9.20. The number of nitrogens with zero attached hydrogens (tertiary/aromatic N) is 3. The van der Waals surface area contributed by atoms with E-state index in [4.69, 9.17) is 9.73 Å². The zero-order valence-electron chi connectivity index (χ0n) is 18.7. The van der Waals surface area contributed by atoms with Gasteiger partial charge in [-0.15, -0.1) is 24.0 Å². The van der Waals surface area contributed by atoms with Crippen LogP contribution in [0.4, 0.5) is 0 Å². The lowest BCUT2D eigenvalue weighted by Gasteiger charge is -2.39. The van der Waals surface area contributed by atoms with Crippen molar-refractivity contribution in [1.82, 2.24) is 25.7 Å². The Labute approximate surface area is 203 Å². The minimum atomic E-state index is -0.0507. The van der Waals surface area contributed by atoms with Gasteiger partial charge in [-0.3, -0.25) is 9.67 Å². The summed E-state index contributed by atoms with van der Waals surface area (Å²) in [6.07, 6.45) is 6.73. The first kappa shape index (κ1) is 25.6. The highest BCUT2D eigenvalue weighted by Crippen LogP contribution is 2.26. The summed E-state index contributed by atoms with van der Waals surface area (Å²) < 4.78 is 7.61. The predicted octanol–water partition coefficient (Wildman–Crippen LogP) is 3.35. The molecule has 0 bridgehead atoms. The number of ether oxygens (including phenoxy) is 1. The number of aromatic nitrogens is 2. The van der Waals surface area contributed by atoms with Crippen LogP contribution in [0.1, 0.15) is 44.7 Å². The SMILES string of the molecule is CCNC(=NCC1(NC(C)c2ccccc2)CCOCC1)NCCCn1cccn1.I. The Kier molecular flexibility index (Phi) is 11.3. The number of aliphatic imine (C=N–C) groups is 1. The minimum Gasteiger partial charge on any atom is -0.381 e. The maximum absolute atomic E-state index is 5.65. The Balaban J connectivity index is 0.00000341. The summed E-state index contributed by atoms with van der Waals surface area (Å²) in [7, 11) is 0. The first-order chi connectivity index (χ1) is 14.7. The highest BCUT2D eigenvalue weighted by Gasteiger charge is 2.34. The number of halogens is 1. The average molecular weight is 540 g/mol. The zero-order chi connectivity index (χ0) is 21.1. The standard InChI is InChI=1S/C23H36N6O.HI/c1-3-24-22(25-13-7-15-29-16-8-14-27-29)26-19-23(11-17-30-18-12-23)28-20(2)21-9-5-4-6-10-21;/h4-6,8-10,14,16,20,28H,3,7,11-13,15,17-19H2,1-2H3,(H2,24,25,26);1H. The molecule has 31 heavy (non-hydrogen) atoms. The zero-order valence-corrected chi connectivity index (χ0v) is 21.0. The predicted molar refractivity (Wildman–Crippen MR) is 137 cm³/mol. The van der Waals surface area contributed by atoms with E-state index in [0.29, 0.717) is 0 Å². The monoisotopic (exact) mass is 540 g/mol. The van der Waals surface area contributed by atoms with Crippen molar-refractivity contribution in [1.29, 1.82) is 0 Å². The van der Waals surface area contributed by atoms with Gasteiger partial charge in [-0.25, -0.2) is 0 Å². The Morgan fingerprint density at radius 3 is 2.65 bits per heavy atom. The second-order valence-corrected chi connectivity index (χ2v) is 7.91. The van der Waals surface area contributed by atoms with Crippen molar-refractivity contribution in [3.05, 3.63) is 54.4 Å². The third kappa shape index (κ3) is 8.42. The normalized spacial score (nSPS) is 16.9. The number of aryl methyl sites for hydroxylation is 1. The van der Waals surface area contributed by atoms with Crippen LogP contribution in [-0.4, -0.2) is 54.1 Å². The smallest absolute Gasteiger partial charge is 0.191 e. The van der Waals surface area contributed by atoms with Gasteiger partial charge < -0.3 is 20.7 Å². The summed E-state index contributed by atoms with van der Waals surface area (Å²) in [6, 6.07) is 12.8. The number of rotatable bonds is 10. The van der Waals surface area contributed by atoms with E-state index in [0.717, 1.165) is 64.6 Å². The fourth-order valence-electron chi connectivity index (χ4n) is 3.85. The lowest BCUT2D eigenvalue weighted by Crippen LogP contribution is -2.53. The molecule has 0 saturated carbocycles. The van der Waals surface area contributed by atoms with Gasteiger partial charge in [0.2, 0.25) is 0 Å². The van der Waals surface area contributed by atoms with Crippen LogP contribution in [-0.2, 0) is 11.3 Å². The van der Waals surface area contributed by atoms with Crippen molar-refractivity contribution in [2.45, 2.75) is 51.2 Å². The number of benzene rings is 1. The van der Waals surface area contributed by atoms with Gasteiger partial charge in [0.15, 0.2) is 5.96 Å². The van der Waals surface area contributed by atoms with Gasteiger partial charge in [0, 0.05) is 56.8 Å². The van der Waals surface area contributed by atoms with Crippen molar-refractivity contribution in [3.8, 4) is 0 Å². The fraction of sp³-hybridized carbons (Fsp3) is 0.565. The van der Waals surface area contributed by atoms with E-state index in [9.17, 15) is 0 Å². The van der Waals surface area contributed by atoms with Gasteiger partial charge in [0.25, 0.3) is 0 Å². The quantitative estimate of drug-likeness (QED) is 0.187. The fourth-order valence-corrected chi connectivity index (χ4v) is 3.85. The van der Waals surface area contributed by atoms with Crippen LogP contribution in [0.2, 0.25) is 0 Å². The minimum absolute atomic E-state index is 0. The number of nitrogens with one attached hydrogen (secondary N) is 3. The summed E-state index contributed by atoms with van der Waals surface area (Å²) in [4.78, 5) is 4.94. The molecule has 1 saturated heterocycles. The van der Waals surface area contributed by atoms with Gasteiger partial charge in [0.05, 0.1) is 6.54 Å². The van der Waals surface area contributed by atoms with Crippen molar-refractivity contribution >= 4 is 29.9 Å². The van der Waals surface area contributed by atoms with E-state index in [1.807, 2.05) is 23.1 Å². The molecule has 2 aromatic rings. The van der Waals surface area contributed by atoms with Gasteiger partial charge in [-0.2, -0.15) is 5.10 Å². The van der Waals surface area contributed by atoms with Crippen molar-refractivity contribution in [2.75, 3.05) is 32.8 Å². The summed E-state index contributed by atoms with van der Waals surface area (Å²) >= 11 is 0. The van der Waals surface area contributed by atoms with E-state index in [-0.39, 0.29) is 35.6 Å². The summed E-state index contributed by atoms with van der Waals surface area (Å²) in [5.74, 6) is 0.873. The largest absolute Gasteiger partial charge is 0.381 e. The second-order valence-electron chi connectivity index (χ2n) is 7.91. The number of guanidine groups is 1. The Bertz CT molecular complexity index is 747. The lowest BCUT2D eigenvalue weighted by molar-refractivity contribution is 0.0374. The molecule has 3 N–H and O–H groups in total. The van der Waals surface area contributed by atoms with E-state index < -0.39 is 0 Å². The first-order valence-electron chi connectivity index (χ1n) is 11.1. The van der Waals surface area contributed by atoms with Crippen LogP contribution in [0.5, 0.6) is 0 Å². The van der Waals surface area contributed by atoms with Gasteiger partial charge in [0.1, 0.15) is 0 Å². The highest BCUT2D eigenvalue weighted by molar-refractivity contribution is 14.0. The maximum Gasteiger partial charge on any atom is 0.191 e. The first-order valence-corrected chi connectivity index (χ1v) is 11.1. The van der Waals surface area contributed by atoms with Crippen molar-refractivity contribution in [3.63, 3.8) is 0 Å². The molecule has 1 aliphatic rings. The van der Waals surface area contributed by atoms with Crippen LogP contribution in [0.15, 0.2) is 53.8 Å². The van der Waals surface area contributed by atoms with E-state index in [1.165, 1.54) is 5.56 Å². The molecule has 8 heteroatoms. The molecule has 0 aliphatic carbocycles. The third-order valence-corrected chi connectivity index (χ3v) is 5.57. The van der Waals surface area contributed by atoms with Gasteiger partial charge >= 0.3 is 0 Å². The van der Waals surface area contributed by atoms with E-state index in [1.54, 1.807) is 0 Å². The molecule has 0 amide bonds. The van der Waals surface area contributed by atoms with Crippen molar-refractivity contribution < 1.29 is 4.74 Å². The van der Waals surface area contributed by atoms with Crippen LogP contribution < -0.4 is 16.0 Å². The second kappa shape index (κ2) is 13.7.